The lowest BCUT2D eigenvalue weighted by molar-refractivity contribution is 0.303. The van der Waals surface area contributed by atoms with E-state index in [0.717, 1.165) is 24.3 Å². The highest BCUT2D eigenvalue weighted by atomic mass is 19.1. The third-order valence-corrected chi connectivity index (χ3v) is 2.07. The van der Waals surface area contributed by atoms with E-state index in [4.69, 9.17) is 4.74 Å². The fraction of sp³-hybridized carbons (Fsp3) is 0.0769. The first-order valence-electron chi connectivity index (χ1n) is 4.88. The minimum absolute atomic E-state index is 0.0296. The van der Waals surface area contributed by atoms with Gasteiger partial charge in [-0.15, -0.1) is 0 Å². The first-order valence-corrected chi connectivity index (χ1v) is 4.88. The van der Waals surface area contributed by atoms with Crippen LogP contribution >= 0.6 is 0 Å². The molecule has 0 heterocycles. The molecule has 2 aromatic rings. The van der Waals surface area contributed by atoms with Gasteiger partial charge in [-0.25, -0.2) is 13.2 Å². The van der Waals surface area contributed by atoms with Crippen LogP contribution in [-0.4, -0.2) is 0 Å². The van der Waals surface area contributed by atoms with Crippen molar-refractivity contribution in [3.05, 3.63) is 65.5 Å². The minimum atomic E-state index is -0.670. The SMILES string of the molecule is Fc1[c]ccc(OCc2cc(F)cc(F)c2)c1. The standard InChI is InChI=1S/C13H8F3O/c14-10-2-1-3-13(7-10)17-8-9-4-11(15)6-12(16)5-9/h1,3-7H,8H2. The number of rotatable bonds is 3. The van der Waals surface area contributed by atoms with Crippen LogP contribution in [0.2, 0.25) is 0 Å². The second kappa shape index (κ2) is 4.91. The molecule has 87 valence electrons. The number of hydrogen-bond acceptors (Lipinski definition) is 1. The first-order chi connectivity index (χ1) is 8.13. The number of hydrogen-bond donors (Lipinski definition) is 0. The van der Waals surface area contributed by atoms with Crippen LogP contribution < -0.4 is 4.74 Å². The zero-order chi connectivity index (χ0) is 12.3. The van der Waals surface area contributed by atoms with Crippen molar-refractivity contribution in [3.8, 4) is 5.75 Å². The second-order valence-corrected chi connectivity index (χ2v) is 3.44. The summed E-state index contributed by atoms with van der Waals surface area (Å²) in [4.78, 5) is 0. The first kappa shape index (κ1) is 11.5. The quantitative estimate of drug-likeness (QED) is 0.794. The van der Waals surface area contributed by atoms with Crippen molar-refractivity contribution in [1.82, 2.24) is 0 Å². The summed E-state index contributed by atoms with van der Waals surface area (Å²) < 4.78 is 43.7. The molecule has 0 bridgehead atoms. The van der Waals surface area contributed by atoms with Crippen LogP contribution in [0.4, 0.5) is 13.2 Å². The molecule has 0 atom stereocenters. The molecule has 0 unspecified atom stereocenters. The van der Waals surface area contributed by atoms with Crippen molar-refractivity contribution in [3.63, 3.8) is 0 Å². The molecule has 0 fully saturated rings. The Balaban J connectivity index is 2.07. The molecule has 0 aliphatic heterocycles. The van der Waals surface area contributed by atoms with Crippen LogP contribution in [0.15, 0.2) is 36.4 Å². The Hall–Kier alpha value is -1.97. The average molecular weight is 237 g/mol. The van der Waals surface area contributed by atoms with Crippen molar-refractivity contribution < 1.29 is 17.9 Å². The Bertz CT molecular complexity index is 506. The monoisotopic (exact) mass is 237 g/mol. The van der Waals surface area contributed by atoms with Gasteiger partial charge in [-0.05, 0) is 29.8 Å². The summed E-state index contributed by atoms with van der Waals surface area (Å²) in [6, 6.07) is 9.46. The summed E-state index contributed by atoms with van der Waals surface area (Å²) in [5.41, 5.74) is 0.343. The Morgan fingerprint density at radius 3 is 2.35 bits per heavy atom. The van der Waals surface area contributed by atoms with Gasteiger partial charge in [0.2, 0.25) is 0 Å². The normalized spacial score (nSPS) is 10.3. The molecule has 2 aromatic carbocycles. The zero-order valence-corrected chi connectivity index (χ0v) is 8.71. The highest BCUT2D eigenvalue weighted by Crippen LogP contribution is 2.15. The Labute approximate surface area is 96.5 Å². The Morgan fingerprint density at radius 1 is 1.00 bits per heavy atom. The van der Waals surface area contributed by atoms with Crippen LogP contribution in [0.5, 0.6) is 5.75 Å². The number of benzene rings is 2. The third-order valence-electron chi connectivity index (χ3n) is 2.07. The molecule has 0 aromatic heterocycles. The lowest BCUT2D eigenvalue weighted by atomic mass is 10.2. The second-order valence-electron chi connectivity index (χ2n) is 3.44. The van der Waals surface area contributed by atoms with Crippen molar-refractivity contribution >= 4 is 0 Å². The van der Waals surface area contributed by atoms with Gasteiger partial charge in [0.25, 0.3) is 0 Å². The lowest BCUT2D eigenvalue weighted by Crippen LogP contribution is -1.97. The molecule has 0 saturated heterocycles. The van der Waals surface area contributed by atoms with E-state index in [-0.39, 0.29) is 12.4 Å². The molecule has 1 nitrogen and oxygen atoms in total. The van der Waals surface area contributed by atoms with E-state index in [0.29, 0.717) is 5.56 Å². The number of halogens is 3. The molecule has 0 saturated carbocycles. The molecule has 17 heavy (non-hydrogen) atoms. The largest absolute Gasteiger partial charge is 0.489 e. The van der Waals surface area contributed by atoms with Gasteiger partial charge in [-0.3, -0.25) is 0 Å². The smallest absolute Gasteiger partial charge is 0.134 e. The fourth-order valence-electron chi connectivity index (χ4n) is 1.37. The van der Waals surface area contributed by atoms with Crippen LogP contribution in [0.25, 0.3) is 0 Å². The molecule has 0 amide bonds. The summed E-state index contributed by atoms with van der Waals surface area (Å²) in [7, 11) is 0. The maximum absolute atomic E-state index is 12.9. The summed E-state index contributed by atoms with van der Waals surface area (Å²) >= 11 is 0. The van der Waals surface area contributed by atoms with Gasteiger partial charge in [-0.1, -0.05) is 0 Å². The minimum Gasteiger partial charge on any atom is -0.489 e. The Kier molecular flexibility index (Phi) is 3.32. The van der Waals surface area contributed by atoms with Crippen molar-refractivity contribution in [1.29, 1.82) is 0 Å². The van der Waals surface area contributed by atoms with E-state index in [1.807, 2.05) is 0 Å². The van der Waals surface area contributed by atoms with Crippen molar-refractivity contribution in [2.24, 2.45) is 0 Å². The molecular formula is C13H8F3O. The van der Waals surface area contributed by atoms with Gasteiger partial charge in [-0.2, -0.15) is 0 Å². The molecular weight excluding hydrogens is 229 g/mol. The highest BCUT2D eigenvalue weighted by molar-refractivity contribution is 5.23. The molecule has 0 spiro atoms. The summed E-state index contributed by atoms with van der Waals surface area (Å²) in [6.45, 7) is -0.0296. The van der Waals surface area contributed by atoms with E-state index < -0.39 is 17.5 Å². The van der Waals surface area contributed by atoms with Crippen LogP contribution in [0, 0.1) is 23.5 Å². The average Bonchev–Trinajstić information content (AvgIpc) is 2.25. The van der Waals surface area contributed by atoms with Gasteiger partial charge in [0.15, 0.2) is 0 Å². The topological polar surface area (TPSA) is 9.23 Å². The maximum atomic E-state index is 12.9. The van der Waals surface area contributed by atoms with Crippen molar-refractivity contribution in [2.75, 3.05) is 0 Å². The van der Waals surface area contributed by atoms with E-state index in [1.54, 1.807) is 0 Å². The van der Waals surface area contributed by atoms with Gasteiger partial charge in [0, 0.05) is 18.2 Å². The van der Waals surface area contributed by atoms with Crippen LogP contribution in [0.1, 0.15) is 5.56 Å². The van der Waals surface area contributed by atoms with Crippen LogP contribution in [0.3, 0.4) is 0 Å². The molecule has 0 N–H and O–H groups in total. The maximum Gasteiger partial charge on any atom is 0.134 e. The molecule has 2 rings (SSSR count). The highest BCUT2D eigenvalue weighted by Gasteiger charge is 2.02. The summed E-state index contributed by atoms with van der Waals surface area (Å²) in [5.74, 6) is -1.61. The summed E-state index contributed by atoms with van der Waals surface area (Å²) in [6.07, 6.45) is 0. The molecule has 4 heteroatoms. The van der Waals surface area contributed by atoms with Crippen molar-refractivity contribution in [2.45, 2.75) is 6.61 Å². The summed E-state index contributed by atoms with van der Waals surface area (Å²) in [5, 5.41) is 0. The van der Waals surface area contributed by atoms with Gasteiger partial charge >= 0.3 is 0 Å². The predicted octanol–water partition coefficient (Wildman–Crippen LogP) is 3.48. The van der Waals surface area contributed by atoms with Crippen LogP contribution in [-0.2, 0) is 6.61 Å². The van der Waals surface area contributed by atoms with E-state index >= 15 is 0 Å². The predicted molar refractivity (Wildman–Crippen MR) is 55.9 cm³/mol. The van der Waals surface area contributed by atoms with Gasteiger partial charge in [0.1, 0.15) is 29.8 Å². The third kappa shape index (κ3) is 3.24. The molecule has 0 aliphatic rings. The Morgan fingerprint density at radius 2 is 1.71 bits per heavy atom. The number of ether oxygens (including phenoxy) is 1. The fourth-order valence-corrected chi connectivity index (χ4v) is 1.37. The molecule has 0 aliphatic carbocycles. The van der Waals surface area contributed by atoms with E-state index in [1.165, 1.54) is 12.1 Å². The van der Waals surface area contributed by atoms with Gasteiger partial charge in [0.05, 0.1) is 0 Å². The zero-order valence-electron chi connectivity index (χ0n) is 8.71. The van der Waals surface area contributed by atoms with Gasteiger partial charge < -0.3 is 4.74 Å². The van der Waals surface area contributed by atoms with E-state index in [2.05, 4.69) is 6.07 Å². The molecule has 1 radical (unpaired) electrons. The van der Waals surface area contributed by atoms with E-state index in [9.17, 15) is 13.2 Å². The lowest BCUT2D eigenvalue weighted by Gasteiger charge is -2.06.